The number of alkyl carbamates (subject to hydrolysis) is 1. The fourth-order valence-electron chi connectivity index (χ4n) is 3.47. The van der Waals surface area contributed by atoms with Crippen LogP contribution in [0.3, 0.4) is 0 Å². The number of piperidine rings is 1. The first kappa shape index (κ1) is 25.4. The van der Waals surface area contributed by atoms with E-state index < -0.39 is 16.6 Å². The van der Waals surface area contributed by atoms with Gasteiger partial charge in [-0.1, -0.05) is 0 Å². The largest absolute Gasteiger partial charge is 0.444 e. The summed E-state index contributed by atoms with van der Waals surface area (Å²) in [6, 6.07) is 4.44. The molecule has 0 unspecified atom stereocenters. The number of rotatable bonds is 7. The van der Waals surface area contributed by atoms with E-state index in [-0.39, 0.29) is 17.6 Å². The molecule has 0 radical (unpaired) electrons. The van der Waals surface area contributed by atoms with E-state index in [2.05, 4.69) is 5.32 Å². The Balaban J connectivity index is 2.04. The summed E-state index contributed by atoms with van der Waals surface area (Å²) in [6.45, 7) is 7.72. The van der Waals surface area contributed by atoms with Gasteiger partial charge in [0.15, 0.2) is 0 Å². The van der Waals surface area contributed by atoms with Gasteiger partial charge < -0.3 is 24.8 Å². The average molecular weight is 450 g/mol. The number of likely N-dealkylation sites (tertiary alicyclic amines) is 1. The van der Waals surface area contributed by atoms with Crippen LogP contribution in [-0.2, 0) is 4.74 Å². The molecule has 1 aliphatic heterocycles. The van der Waals surface area contributed by atoms with E-state index in [0.717, 1.165) is 6.54 Å². The van der Waals surface area contributed by atoms with Gasteiger partial charge >= 0.3 is 6.09 Å². The number of amides is 2. The monoisotopic (exact) mass is 449 g/mol. The molecule has 0 spiro atoms. The summed E-state index contributed by atoms with van der Waals surface area (Å²) in [6.07, 6.45) is 0.782. The van der Waals surface area contributed by atoms with Crippen LogP contribution in [-0.4, -0.2) is 85.7 Å². The second-order valence-corrected chi connectivity index (χ2v) is 9.40. The maximum absolute atomic E-state index is 13.1. The molecule has 0 aromatic heterocycles. The molecule has 178 valence electrons. The van der Waals surface area contributed by atoms with Crippen molar-refractivity contribution in [2.75, 3.05) is 52.2 Å². The van der Waals surface area contributed by atoms with Crippen LogP contribution in [0.15, 0.2) is 18.2 Å². The molecule has 1 aromatic rings. The Labute approximate surface area is 189 Å². The van der Waals surface area contributed by atoms with Gasteiger partial charge in [0.2, 0.25) is 0 Å². The van der Waals surface area contributed by atoms with Gasteiger partial charge in [-0.2, -0.15) is 0 Å². The fourth-order valence-corrected chi connectivity index (χ4v) is 3.47. The maximum Gasteiger partial charge on any atom is 0.407 e. The minimum atomic E-state index is -0.561. The van der Waals surface area contributed by atoms with E-state index in [4.69, 9.17) is 4.74 Å². The fraction of sp³-hybridized carbons (Fsp3) is 0.636. The van der Waals surface area contributed by atoms with Gasteiger partial charge in [0.1, 0.15) is 11.3 Å². The SMILES string of the molecule is CN(C)CCN(C)c1cc(C(=O)N2CCC(NC(=O)OC(C)(C)C)CC2)ccc1[N+](=O)[O-]. The molecule has 0 saturated carbocycles. The van der Waals surface area contributed by atoms with E-state index >= 15 is 0 Å². The predicted octanol–water partition coefficient (Wildman–Crippen LogP) is 2.72. The van der Waals surface area contributed by atoms with Crippen molar-refractivity contribution in [2.45, 2.75) is 45.3 Å². The highest BCUT2D eigenvalue weighted by atomic mass is 16.6. The number of benzene rings is 1. The smallest absolute Gasteiger partial charge is 0.407 e. The lowest BCUT2D eigenvalue weighted by atomic mass is 10.0. The standard InChI is InChI=1S/C22H35N5O5/c1-22(2,3)32-21(29)23-17-9-11-26(12-10-17)20(28)16-7-8-18(27(30)31)19(15-16)25(6)14-13-24(4)5/h7-8,15,17H,9-14H2,1-6H3,(H,23,29). The van der Waals surface area contributed by atoms with Gasteiger partial charge in [0.05, 0.1) is 4.92 Å². The number of nitrogens with zero attached hydrogens (tertiary/aromatic N) is 4. The van der Waals surface area contributed by atoms with Crippen molar-refractivity contribution in [3.8, 4) is 0 Å². The van der Waals surface area contributed by atoms with Crippen LogP contribution in [0, 0.1) is 10.1 Å². The number of nitrogens with one attached hydrogen (secondary N) is 1. The van der Waals surface area contributed by atoms with Gasteiger partial charge in [-0.25, -0.2) is 4.79 Å². The summed E-state index contributed by atoms with van der Waals surface area (Å²) in [5.41, 5.74) is 0.252. The van der Waals surface area contributed by atoms with Gasteiger partial charge in [0.25, 0.3) is 11.6 Å². The molecule has 10 heteroatoms. The molecular weight excluding hydrogens is 414 g/mol. The lowest BCUT2D eigenvalue weighted by Crippen LogP contribution is -2.47. The quantitative estimate of drug-likeness (QED) is 0.504. The minimum Gasteiger partial charge on any atom is -0.444 e. The minimum absolute atomic E-state index is 0.0249. The zero-order valence-corrected chi connectivity index (χ0v) is 19.9. The number of hydrogen-bond donors (Lipinski definition) is 1. The normalized spacial score (nSPS) is 14.9. The molecule has 0 aliphatic carbocycles. The van der Waals surface area contributed by atoms with Crippen LogP contribution < -0.4 is 10.2 Å². The second-order valence-electron chi connectivity index (χ2n) is 9.40. The molecule has 2 amide bonds. The zero-order valence-electron chi connectivity index (χ0n) is 19.9. The molecule has 1 aliphatic rings. The van der Waals surface area contributed by atoms with Crippen LogP contribution in [0.5, 0.6) is 0 Å². The Morgan fingerprint density at radius 3 is 2.34 bits per heavy atom. The number of nitro benzene ring substituents is 1. The molecule has 32 heavy (non-hydrogen) atoms. The summed E-state index contributed by atoms with van der Waals surface area (Å²) < 4.78 is 5.29. The molecule has 10 nitrogen and oxygen atoms in total. The van der Waals surface area contributed by atoms with Crippen LogP contribution in [0.1, 0.15) is 44.0 Å². The number of likely N-dealkylation sites (N-methyl/N-ethyl adjacent to an activating group) is 2. The third kappa shape index (κ3) is 7.37. The number of carbonyl (C=O) groups excluding carboxylic acids is 2. The summed E-state index contributed by atoms with van der Waals surface area (Å²) in [4.78, 5) is 41.6. The third-order valence-corrected chi connectivity index (χ3v) is 5.22. The topological polar surface area (TPSA) is 108 Å². The van der Waals surface area contributed by atoms with Crippen molar-refractivity contribution in [3.05, 3.63) is 33.9 Å². The van der Waals surface area contributed by atoms with Crippen molar-refractivity contribution in [3.63, 3.8) is 0 Å². The van der Waals surface area contributed by atoms with E-state index in [1.807, 2.05) is 39.8 Å². The molecule has 1 aromatic carbocycles. The summed E-state index contributed by atoms with van der Waals surface area (Å²) in [5, 5.41) is 14.3. The summed E-state index contributed by atoms with van der Waals surface area (Å²) in [7, 11) is 5.65. The number of anilines is 1. The number of hydrogen-bond acceptors (Lipinski definition) is 7. The van der Waals surface area contributed by atoms with Crippen molar-refractivity contribution >= 4 is 23.4 Å². The van der Waals surface area contributed by atoms with Crippen LogP contribution in [0.4, 0.5) is 16.2 Å². The average Bonchev–Trinajstić information content (AvgIpc) is 2.70. The van der Waals surface area contributed by atoms with Crippen LogP contribution >= 0.6 is 0 Å². The highest BCUT2D eigenvalue weighted by Crippen LogP contribution is 2.29. The Bertz CT molecular complexity index is 828. The predicted molar refractivity (Wildman–Crippen MR) is 123 cm³/mol. The third-order valence-electron chi connectivity index (χ3n) is 5.22. The van der Waals surface area contributed by atoms with E-state index in [0.29, 0.717) is 43.7 Å². The Kier molecular flexibility index (Phi) is 8.43. The molecule has 0 atom stereocenters. The van der Waals surface area contributed by atoms with Gasteiger partial charge in [-0.05, 0) is 59.8 Å². The highest BCUT2D eigenvalue weighted by molar-refractivity contribution is 5.96. The summed E-state index contributed by atoms with van der Waals surface area (Å²) >= 11 is 0. The Morgan fingerprint density at radius 2 is 1.81 bits per heavy atom. The molecule has 1 saturated heterocycles. The summed E-state index contributed by atoms with van der Waals surface area (Å²) in [5.74, 6) is -0.169. The first-order valence-electron chi connectivity index (χ1n) is 10.8. The van der Waals surface area contributed by atoms with E-state index in [1.165, 1.54) is 12.1 Å². The van der Waals surface area contributed by atoms with Gasteiger partial charge in [0, 0.05) is 50.9 Å². The first-order chi connectivity index (χ1) is 14.9. The molecule has 1 fully saturated rings. The maximum atomic E-state index is 13.1. The number of carbonyl (C=O) groups is 2. The molecule has 2 rings (SSSR count). The van der Waals surface area contributed by atoms with Gasteiger partial charge in [-0.15, -0.1) is 0 Å². The van der Waals surface area contributed by atoms with Crippen LogP contribution in [0.25, 0.3) is 0 Å². The van der Waals surface area contributed by atoms with Crippen molar-refractivity contribution < 1.29 is 19.2 Å². The lowest BCUT2D eigenvalue weighted by molar-refractivity contribution is -0.384. The molecule has 1 heterocycles. The van der Waals surface area contributed by atoms with E-state index in [9.17, 15) is 19.7 Å². The second kappa shape index (κ2) is 10.6. The van der Waals surface area contributed by atoms with Crippen molar-refractivity contribution in [1.29, 1.82) is 0 Å². The van der Waals surface area contributed by atoms with Gasteiger partial charge in [-0.3, -0.25) is 14.9 Å². The van der Waals surface area contributed by atoms with Crippen molar-refractivity contribution in [2.24, 2.45) is 0 Å². The zero-order chi connectivity index (χ0) is 24.1. The molecule has 1 N–H and O–H groups in total. The molecule has 0 bridgehead atoms. The Morgan fingerprint density at radius 1 is 1.19 bits per heavy atom. The lowest BCUT2D eigenvalue weighted by Gasteiger charge is -2.33. The first-order valence-corrected chi connectivity index (χ1v) is 10.8. The van der Waals surface area contributed by atoms with Crippen LogP contribution in [0.2, 0.25) is 0 Å². The van der Waals surface area contributed by atoms with Crippen molar-refractivity contribution in [1.82, 2.24) is 15.1 Å². The molecular formula is C22H35N5O5. The van der Waals surface area contributed by atoms with E-state index in [1.54, 1.807) is 22.9 Å². The Hall–Kier alpha value is -2.88. The number of ether oxygens (including phenoxy) is 1. The number of nitro groups is 1. The highest BCUT2D eigenvalue weighted by Gasteiger charge is 2.28.